The first-order valence-electron chi connectivity index (χ1n) is 11.6. The molecule has 1 heterocycles. The molecule has 0 saturated carbocycles. The van der Waals surface area contributed by atoms with Crippen LogP contribution in [-0.4, -0.2) is 51.5 Å². The standard InChI is InChI=1S/C27H27N5O4S/c1-4-36-23-7-5-6-20(25(23)34)16-28-29-24(33)17-37-27-31-30-26(19-10-14-22(35-3)15-11-19)32(27)21-12-8-18(2)9-13-21/h5-16,34H,4,17H2,1-3H3,(H,29,33)/b28-16+. The number of carbonyl (C=O) groups is 1. The number of amides is 1. The number of hydrazone groups is 1. The maximum Gasteiger partial charge on any atom is 0.250 e. The number of aryl methyl sites for hydroxylation is 1. The third kappa shape index (κ3) is 6.28. The van der Waals surface area contributed by atoms with E-state index in [0.717, 1.165) is 22.6 Å². The molecule has 0 aliphatic rings. The summed E-state index contributed by atoms with van der Waals surface area (Å²) in [5, 5.41) is 23.5. The van der Waals surface area contributed by atoms with Gasteiger partial charge in [-0.15, -0.1) is 10.2 Å². The normalized spacial score (nSPS) is 11.0. The third-order valence-electron chi connectivity index (χ3n) is 5.33. The number of phenols is 1. The van der Waals surface area contributed by atoms with E-state index in [0.29, 0.717) is 28.9 Å². The van der Waals surface area contributed by atoms with Gasteiger partial charge >= 0.3 is 0 Å². The SMILES string of the molecule is CCOc1cccc(/C=N/NC(=O)CSc2nnc(-c3ccc(OC)cc3)n2-c2ccc(C)cc2)c1O. The zero-order chi connectivity index (χ0) is 26.2. The van der Waals surface area contributed by atoms with Crippen molar-refractivity contribution in [1.82, 2.24) is 20.2 Å². The van der Waals surface area contributed by atoms with Gasteiger partial charge in [0.1, 0.15) is 5.75 Å². The molecular weight excluding hydrogens is 490 g/mol. The van der Waals surface area contributed by atoms with Crippen molar-refractivity contribution >= 4 is 23.9 Å². The van der Waals surface area contributed by atoms with Crippen molar-refractivity contribution in [2.24, 2.45) is 5.10 Å². The van der Waals surface area contributed by atoms with E-state index in [9.17, 15) is 9.90 Å². The van der Waals surface area contributed by atoms with Gasteiger partial charge < -0.3 is 14.6 Å². The van der Waals surface area contributed by atoms with E-state index >= 15 is 0 Å². The van der Waals surface area contributed by atoms with Gasteiger partial charge in [-0.2, -0.15) is 5.10 Å². The van der Waals surface area contributed by atoms with Gasteiger partial charge in [0.25, 0.3) is 5.91 Å². The molecular formula is C27H27N5O4S. The third-order valence-corrected chi connectivity index (χ3v) is 6.26. The second-order valence-electron chi connectivity index (χ2n) is 7.91. The Morgan fingerprint density at radius 3 is 2.57 bits per heavy atom. The highest BCUT2D eigenvalue weighted by Gasteiger charge is 2.17. The van der Waals surface area contributed by atoms with Crippen LogP contribution < -0.4 is 14.9 Å². The van der Waals surface area contributed by atoms with Crippen molar-refractivity contribution in [2.75, 3.05) is 19.5 Å². The fourth-order valence-corrected chi connectivity index (χ4v) is 4.21. The molecule has 2 N–H and O–H groups in total. The summed E-state index contributed by atoms with van der Waals surface area (Å²) in [5.41, 5.74) is 5.79. The Bertz CT molecular complexity index is 1390. The first-order chi connectivity index (χ1) is 18.0. The average Bonchev–Trinajstić information content (AvgIpc) is 3.34. The van der Waals surface area contributed by atoms with Crippen LogP contribution in [0.4, 0.5) is 0 Å². The molecule has 0 radical (unpaired) electrons. The molecule has 0 spiro atoms. The molecule has 37 heavy (non-hydrogen) atoms. The van der Waals surface area contributed by atoms with Crippen molar-refractivity contribution in [3.8, 4) is 34.3 Å². The lowest BCUT2D eigenvalue weighted by Gasteiger charge is -2.11. The minimum atomic E-state index is -0.328. The molecule has 9 nitrogen and oxygen atoms in total. The molecule has 0 aliphatic carbocycles. The molecule has 1 amide bonds. The summed E-state index contributed by atoms with van der Waals surface area (Å²) in [6.07, 6.45) is 1.37. The summed E-state index contributed by atoms with van der Waals surface area (Å²) in [5.74, 6) is 1.46. The highest BCUT2D eigenvalue weighted by atomic mass is 32.2. The predicted molar refractivity (Wildman–Crippen MR) is 144 cm³/mol. The Morgan fingerprint density at radius 2 is 1.86 bits per heavy atom. The van der Waals surface area contributed by atoms with E-state index in [1.54, 1.807) is 25.3 Å². The van der Waals surface area contributed by atoms with Crippen molar-refractivity contribution in [3.63, 3.8) is 0 Å². The smallest absolute Gasteiger partial charge is 0.250 e. The largest absolute Gasteiger partial charge is 0.504 e. The van der Waals surface area contributed by atoms with E-state index in [4.69, 9.17) is 9.47 Å². The predicted octanol–water partition coefficient (Wildman–Crippen LogP) is 4.60. The van der Waals surface area contributed by atoms with Crippen LogP contribution in [0, 0.1) is 6.92 Å². The van der Waals surface area contributed by atoms with E-state index < -0.39 is 0 Å². The molecule has 4 aromatic rings. The number of carbonyl (C=O) groups excluding carboxylic acids is 1. The summed E-state index contributed by atoms with van der Waals surface area (Å²) in [7, 11) is 1.62. The van der Waals surface area contributed by atoms with Gasteiger partial charge in [-0.3, -0.25) is 9.36 Å². The summed E-state index contributed by atoms with van der Waals surface area (Å²) in [6, 6.07) is 20.6. The lowest BCUT2D eigenvalue weighted by atomic mass is 10.2. The number of aromatic hydroxyl groups is 1. The van der Waals surface area contributed by atoms with Crippen LogP contribution in [-0.2, 0) is 4.79 Å². The Balaban J connectivity index is 1.49. The van der Waals surface area contributed by atoms with Crippen LogP contribution in [0.25, 0.3) is 17.1 Å². The van der Waals surface area contributed by atoms with E-state index in [1.165, 1.54) is 18.0 Å². The van der Waals surface area contributed by atoms with Crippen LogP contribution in [0.15, 0.2) is 77.0 Å². The monoisotopic (exact) mass is 517 g/mol. The van der Waals surface area contributed by atoms with Gasteiger partial charge in [0.05, 0.1) is 25.7 Å². The minimum Gasteiger partial charge on any atom is -0.504 e. The topological polar surface area (TPSA) is 111 Å². The lowest BCUT2D eigenvalue weighted by molar-refractivity contribution is -0.118. The Morgan fingerprint density at radius 1 is 1.11 bits per heavy atom. The van der Waals surface area contributed by atoms with Crippen molar-refractivity contribution in [2.45, 2.75) is 19.0 Å². The lowest BCUT2D eigenvalue weighted by Crippen LogP contribution is -2.20. The molecule has 190 valence electrons. The molecule has 0 saturated heterocycles. The van der Waals surface area contributed by atoms with Crippen LogP contribution >= 0.6 is 11.8 Å². The van der Waals surface area contributed by atoms with Crippen LogP contribution in [0.2, 0.25) is 0 Å². The molecule has 0 atom stereocenters. The highest BCUT2D eigenvalue weighted by molar-refractivity contribution is 7.99. The Labute approximate surface area is 219 Å². The first-order valence-corrected chi connectivity index (χ1v) is 12.5. The summed E-state index contributed by atoms with van der Waals surface area (Å²) >= 11 is 1.25. The van der Waals surface area contributed by atoms with Crippen LogP contribution in [0.1, 0.15) is 18.1 Å². The zero-order valence-electron chi connectivity index (χ0n) is 20.7. The molecule has 4 rings (SSSR count). The molecule has 1 aromatic heterocycles. The van der Waals surface area contributed by atoms with Gasteiger partial charge in [0, 0.05) is 16.8 Å². The number of thioether (sulfide) groups is 1. The number of benzene rings is 3. The number of para-hydroxylation sites is 1. The quantitative estimate of drug-likeness (QED) is 0.180. The number of nitrogens with one attached hydrogen (secondary N) is 1. The van der Waals surface area contributed by atoms with Crippen LogP contribution in [0.5, 0.6) is 17.2 Å². The zero-order valence-corrected chi connectivity index (χ0v) is 21.5. The number of ether oxygens (including phenoxy) is 2. The van der Waals surface area contributed by atoms with Crippen LogP contribution in [0.3, 0.4) is 0 Å². The molecule has 0 bridgehead atoms. The number of phenolic OH excluding ortho intramolecular Hbond substituents is 1. The van der Waals surface area contributed by atoms with Crippen molar-refractivity contribution in [3.05, 3.63) is 77.9 Å². The van der Waals surface area contributed by atoms with Gasteiger partial charge in [-0.25, -0.2) is 5.43 Å². The molecule has 0 fully saturated rings. The van der Waals surface area contributed by atoms with Gasteiger partial charge in [0.2, 0.25) is 0 Å². The molecule has 0 unspecified atom stereocenters. The van der Waals surface area contributed by atoms with E-state index in [1.807, 2.05) is 66.9 Å². The Kier molecular flexibility index (Phi) is 8.42. The number of hydrogen-bond donors (Lipinski definition) is 2. The van der Waals surface area contributed by atoms with Gasteiger partial charge in [-0.1, -0.05) is 35.5 Å². The summed E-state index contributed by atoms with van der Waals surface area (Å²) < 4.78 is 12.5. The van der Waals surface area contributed by atoms with Gasteiger partial charge in [-0.05, 0) is 62.4 Å². The van der Waals surface area contributed by atoms with Gasteiger partial charge in [0.15, 0.2) is 22.5 Å². The second-order valence-corrected chi connectivity index (χ2v) is 8.86. The molecule has 10 heteroatoms. The molecule has 0 aliphatic heterocycles. The fourth-order valence-electron chi connectivity index (χ4n) is 3.47. The van der Waals surface area contributed by atoms with Crippen molar-refractivity contribution in [1.29, 1.82) is 0 Å². The van der Waals surface area contributed by atoms with Crippen molar-refractivity contribution < 1.29 is 19.4 Å². The minimum absolute atomic E-state index is 0.0333. The van der Waals surface area contributed by atoms with E-state index in [-0.39, 0.29) is 17.4 Å². The molecule has 3 aromatic carbocycles. The summed E-state index contributed by atoms with van der Waals surface area (Å²) in [6.45, 7) is 4.28. The van der Waals surface area contributed by atoms with E-state index in [2.05, 4.69) is 20.7 Å². The summed E-state index contributed by atoms with van der Waals surface area (Å²) in [4.78, 5) is 12.5. The maximum absolute atomic E-state index is 12.5. The number of aromatic nitrogens is 3. The highest BCUT2D eigenvalue weighted by Crippen LogP contribution is 2.30. The number of rotatable bonds is 10. The Hall–Kier alpha value is -4.31. The fraction of sp³-hybridized carbons (Fsp3) is 0.185. The maximum atomic E-state index is 12.5. The number of methoxy groups -OCH3 is 1. The number of nitrogens with zero attached hydrogens (tertiary/aromatic N) is 4. The second kappa shape index (κ2) is 12.1. The number of hydrogen-bond acceptors (Lipinski definition) is 8. The average molecular weight is 518 g/mol. The first kappa shape index (κ1) is 25.8.